The monoisotopic (exact) mass is 264 g/mol. The van der Waals surface area contributed by atoms with Crippen molar-refractivity contribution in [3.8, 4) is 0 Å². The maximum Gasteiger partial charge on any atom is 0.420 e. The normalized spacial score (nSPS) is 29.7. The van der Waals surface area contributed by atoms with Crippen LogP contribution in [0.1, 0.15) is 20.3 Å². The Bertz CT molecular complexity index is 369. The van der Waals surface area contributed by atoms with Gasteiger partial charge in [-0.15, -0.1) is 0 Å². The minimum Gasteiger partial charge on any atom is -0.448 e. The van der Waals surface area contributed by atoms with Crippen molar-refractivity contribution < 1.29 is 17.9 Å². The highest BCUT2D eigenvalue weighted by atomic mass is 32.2. The minimum atomic E-state index is -3.54. The average molecular weight is 264 g/mol. The lowest BCUT2D eigenvalue weighted by molar-refractivity contribution is 0.102. The fraction of sp³-hybridized carbons (Fsp3) is 0.900. The van der Waals surface area contributed by atoms with E-state index in [1.807, 2.05) is 6.92 Å². The van der Waals surface area contributed by atoms with Gasteiger partial charge < -0.3 is 10.1 Å². The van der Waals surface area contributed by atoms with Crippen LogP contribution in [-0.2, 0) is 14.8 Å². The standard InChI is InChI=1S/C10H20N2O4S/c1-7-4-9(8(2)11-5-7)6-16-10(13)12-17(3,14)15/h7-9,11H,4-6H2,1-3H3,(H,12,13). The lowest BCUT2D eigenvalue weighted by Crippen LogP contribution is -2.45. The zero-order chi connectivity index (χ0) is 13.1. The molecule has 0 aromatic heterocycles. The number of amides is 1. The van der Waals surface area contributed by atoms with Crippen molar-refractivity contribution in [1.29, 1.82) is 0 Å². The van der Waals surface area contributed by atoms with Crippen LogP contribution >= 0.6 is 0 Å². The van der Waals surface area contributed by atoms with Crippen LogP contribution in [0.3, 0.4) is 0 Å². The Morgan fingerprint density at radius 2 is 2.12 bits per heavy atom. The van der Waals surface area contributed by atoms with E-state index in [0.29, 0.717) is 5.92 Å². The van der Waals surface area contributed by atoms with Crippen LogP contribution in [0.25, 0.3) is 0 Å². The molecule has 1 amide bonds. The van der Waals surface area contributed by atoms with Crippen molar-refractivity contribution in [2.24, 2.45) is 11.8 Å². The molecular formula is C10H20N2O4S. The molecule has 1 rings (SSSR count). The molecule has 1 fully saturated rings. The predicted octanol–water partition coefficient (Wildman–Crippen LogP) is 0.306. The van der Waals surface area contributed by atoms with E-state index in [2.05, 4.69) is 12.2 Å². The molecule has 3 atom stereocenters. The lowest BCUT2D eigenvalue weighted by Gasteiger charge is -2.33. The number of hydrogen-bond acceptors (Lipinski definition) is 5. The number of rotatable bonds is 3. The lowest BCUT2D eigenvalue weighted by atomic mass is 9.87. The average Bonchev–Trinajstić information content (AvgIpc) is 2.17. The fourth-order valence-corrected chi connectivity index (χ4v) is 2.30. The van der Waals surface area contributed by atoms with Gasteiger partial charge in [-0.2, -0.15) is 0 Å². The Labute approximate surface area is 102 Å². The zero-order valence-corrected chi connectivity index (χ0v) is 11.2. The third-order valence-corrected chi connectivity index (χ3v) is 3.44. The molecule has 0 bridgehead atoms. The second-order valence-electron chi connectivity index (χ2n) is 4.77. The summed E-state index contributed by atoms with van der Waals surface area (Å²) in [4.78, 5) is 11.2. The smallest absolute Gasteiger partial charge is 0.420 e. The highest BCUT2D eigenvalue weighted by Gasteiger charge is 2.26. The molecule has 100 valence electrons. The van der Waals surface area contributed by atoms with Gasteiger partial charge in [0, 0.05) is 12.0 Å². The van der Waals surface area contributed by atoms with Gasteiger partial charge in [0.25, 0.3) is 0 Å². The largest absolute Gasteiger partial charge is 0.448 e. The molecule has 1 heterocycles. The molecule has 0 saturated carbocycles. The van der Waals surface area contributed by atoms with E-state index in [4.69, 9.17) is 4.74 Å². The summed E-state index contributed by atoms with van der Waals surface area (Å²) in [5.41, 5.74) is 0. The van der Waals surface area contributed by atoms with Crippen LogP contribution in [0.4, 0.5) is 4.79 Å². The summed E-state index contributed by atoms with van der Waals surface area (Å²) in [6.07, 6.45) is 0.986. The minimum absolute atomic E-state index is 0.226. The Morgan fingerprint density at radius 3 is 2.71 bits per heavy atom. The maximum absolute atomic E-state index is 11.2. The van der Waals surface area contributed by atoms with Crippen LogP contribution in [0.2, 0.25) is 0 Å². The van der Waals surface area contributed by atoms with Crippen LogP contribution in [0, 0.1) is 11.8 Å². The van der Waals surface area contributed by atoms with E-state index in [1.165, 1.54) is 0 Å². The molecule has 0 radical (unpaired) electrons. The van der Waals surface area contributed by atoms with E-state index >= 15 is 0 Å². The molecule has 17 heavy (non-hydrogen) atoms. The molecule has 1 aliphatic rings. The zero-order valence-electron chi connectivity index (χ0n) is 10.4. The summed E-state index contributed by atoms with van der Waals surface area (Å²) in [7, 11) is -3.54. The number of piperidine rings is 1. The molecule has 1 aliphatic heterocycles. The number of hydrogen-bond donors (Lipinski definition) is 2. The number of sulfonamides is 1. The first-order chi connectivity index (χ1) is 7.78. The molecule has 2 N–H and O–H groups in total. The molecule has 0 aliphatic carbocycles. The highest BCUT2D eigenvalue weighted by Crippen LogP contribution is 2.20. The molecular weight excluding hydrogens is 244 g/mol. The third kappa shape index (κ3) is 5.36. The predicted molar refractivity (Wildman–Crippen MR) is 64.1 cm³/mol. The second-order valence-corrected chi connectivity index (χ2v) is 6.52. The molecule has 6 nitrogen and oxygen atoms in total. The first kappa shape index (κ1) is 14.2. The quantitative estimate of drug-likeness (QED) is 0.766. The maximum atomic E-state index is 11.2. The Hall–Kier alpha value is -0.820. The van der Waals surface area contributed by atoms with Gasteiger partial charge in [-0.25, -0.2) is 17.9 Å². The summed E-state index contributed by atoms with van der Waals surface area (Å²) in [5, 5.41) is 3.32. The van der Waals surface area contributed by atoms with Gasteiger partial charge >= 0.3 is 6.09 Å². The highest BCUT2D eigenvalue weighted by molar-refractivity contribution is 7.89. The van der Waals surface area contributed by atoms with Gasteiger partial charge in [-0.05, 0) is 25.8 Å². The molecule has 0 aromatic rings. The third-order valence-electron chi connectivity index (χ3n) is 2.90. The first-order valence-electron chi connectivity index (χ1n) is 5.66. The Morgan fingerprint density at radius 1 is 1.47 bits per heavy atom. The number of carbonyl (C=O) groups is 1. The molecule has 0 spiro atoms. The number of carbonyl (C=O) groups excluding carboxylic acids is 1. The van der Waals surface area contributed by atoms with Crippen molar-refractivity contribution in [1.82, 2.24) is 10.0 Å². The van der Waals surface area contributed by atoms with E-state index in [0.717, 1.165) is 19.2 Å². The van der Waals surface area contributed by atoms with E-state index < -0.39 is 16.1 Å². The molecule has 0 aromatic carbocycles. The van der Waals surface area contributed by atoms with Crippen molar-refractivity contribution in [2.75, 3.05) is 19.4 Å². The summed E-state index contributed by atoms with van der Waals surface area (Å²) < 4.78 is 28.3. The van der Waals surface area contributed by atoms with Gasteiger partial charge in [0.2, 0.25) is 10.0 Å². The van der Waals surface area contributed by atoms with Crippen molar-refractivity contribution >= 4 is 16.1 Å². The van der Waals surface area contributed by atoms with Gasteiger partial charge in [0.15, 0.2) is 0 Å². The summed E-state index contributed by atoms with van der Waals surface area (Å²) in [6, 6.07) is 0.275. The van der Waals surface area contributed by atoms with Crippen LogP contribution < -0.4 is 10.0 Å². The Balaban J connectivity index is 2.36. The van der Waals surface area contributed by atoms with E-state index in [-0.39, 0.29) is 18.6 Å². The van der Waals surface area contributed by atoms with Crippen LogP contribution in [0.15, 0.2) is 0 Å². The summed E-state index contributed by atoms with van der Waals surface area (Å²) in [6.45, 7) is 5.36. The van der Waals surface area contributed by atoms with Gasteiger partial charge in [0.05, 0.1) is 12.9 Å². The first-order valence-corrected chi connectivity index (χ1v) is 7.55. The van der Waals surface area contributed by atoms with Crippen molar-refractivity contribution in [2.45, 2.75) is 26.3 Å². The topological polar surface area (TPSA) is 84.5 Å². The molecule has 1 saturated heterocycles. The van der Waals surface area contributed by atoms with Crippen molar-refractivity contribution in [3.05, 3.63) is 0 Å². The SMILES string of the molecule is CC1CNC(C)C(COC(=O)NS(C)(=O)=O)C1. The number of ether oxygens (including phenoxy) is 1. The van der Waals surface area contributed by atoms with E-state index in [9.17, 15) is 13.2 Å². The van der Waals surface area contributed by atoms with E-state index in [1.54, 1.807) is 4.72 Å². The van der Waals surface area contributed by atoms with Crippen molar-refractivity contribution in [3.63, 3.8) is 0 Å². The number of nitrogens with one attached hydrogen (secondary N) is 2. The summed E-state index contributed by atoms with van der Waals surface area (Å²) in [5.74, 6) is 0.766. The summed E-state index contributed by atoms with van der Waals surface area (Å²) >= 11 is 0. The van der Waals surface area contributed by atoms with Gasteiger partial charge in [0.1, 0.15) is 0 Å². The van der Waals surface area contributed by atoms with Gasteiger partial charge in [-0.1, -0.05) is 6.92 Å². The molecule has 3 unspecified atom stereocenters. The van der Waals surface area contributed by atoms with Gasteiger partial charge in [-0.3, -0.25) is 0 Å². The second kappa shape index (κ2) is 5.68. The Kier molecular flexibility index (Phi) is 4.76. The molecule has 7 heteroatoms. The van der Waals surface area contributed by atoms with Crippen LogP contribution in [0.5, 0.6) is 0 Å². The van der Waals surface area contributed by atoms with Crippen LogP contribution in [-0.4, -0.2) is 40.0 Å². The fourth-order valence-electron chi connectivity index (χ4n) is 1.93.